The second kappa shape index (κ2) is 12.6. The summed E-state index contributed by atoms with van der Waals surface area (Å²) >= 11 is 7.83. The number of thioether (sulfide) groups is 1. The number of imide groups is 1. The van der Waals surface area contributed by atoms with E-state index < -0.39 is 0 Å². The molecule has 3 aromatic carbocycles. The maximum atomic E-state index is 12.9. The van der Waals surface area contributed by atoms with E-state index in [1.165, 1.54) is 4.90 Å². The molecule has 1 fully saturated rings. The van der Waals surface area contributed by atoms with Gasteiger partial charge in [0.05, 0.1) is 20.4 Å². The van der Waals surface area contributed by atoms with Gasteiger partial charge >= 0.3 is 0 Å². The van der Waals surface area contributed by atoms with E-state index in [2.05, 4.69) is 37.2 Å². The molecule has 7 nitrogen and oxygen atoms in total. The fourth-order valence-electron chi connectivity index (χ4n) is 3.59. The van der Waals surface area contributed by atoms with E-state index in [4.69, 9.17) is 9.47 Å². The predicted octanol–water partition coefficient (Wildman–Crippen LogP) is 6.96. The van der Waals surface area contributed by atoms with Crippen molar-refractivity contribution < 1.29 is 23.9 Å². The van der Waals surface area contributed by atoms with E-state index in [9.17, 15) is 14.4 Å². The lowest BCUT2D eigenvalue weighted by Crippen LogP contribution is -2.32. The van der Waals surface area contributed by atoms with E-state index in [0.717, 1.165) is 22.9 Å². The molecule has 4 rings (SSSR count). The molecule has 1 aliphatic rings. The van der Waals surface area contributed by atoms with Crippen LogP contribution in [0, 0.1) is 13.8 Å². The number of amides is 3. The molecule has 38 heavy (non-hydrogen) atoms. The van der Waals surface area contributed by atoms with Crippen LogP contribution >= 0.6 is 43.6 Å². The van der Waals surface area contributed by atoms with E-state index in [0.29, 0.717) is 36.6 Å². The molecule has 0 aromatic heterocycles. The molecule has 3 aromatic rings. The quantitative estimate of drug-likeness (QED) is 0.250. The Morgan fingerprint density at radius 2 is 1.68 bits per heavy atom. The third-order valence-corrected chi connectivity index (χ3v) is 7.53. The molecule has 1 aliphatic heterocycles. The molecule has 0 saturated carbocycles. The topological polar surface area (TPSA) is 84.9 Å². The van der Waals surface area contributed by atoms with E-state index >= 15 is 0 Å². The number of anilines is 1. The molecule has 0 bridgehead atoms. The van der Waals surface area contributed by atoms with Crippen LogP contribution in [0.5, 0.6) is 11.5 Å². The first kappa shape index (κ1) is 27.9. The number of rotatable bonds is 9. The number of ether oxygens (including phenoxy) is 2. The van der Waals surface area contributed by atoms with Crippen LogP contribution in [-0.2, 0) is 9.59 Å². The molecular formula is C28H24Br2N2O5S. The second-order valence-corrected chi connectivity index (χ2v) is 11.2. The maximum absolute atomic E-state index is 12.9. The van der Waals surface area contributed by atoms with Gasteiger partial charge < -0.3 is 14.8 Å². The molecule has 1 N–H and O–H groups in total. The third kappa shape index (κ3) is 7.27. The Labute approximate surface area is 241 Å². The van der Waals surface area contributed by atoms with Gasteiger partial charge in [-0.2, -0.15) is 0 Å². The molecule has 0 spiro atoms. The van der Waals surface area contributed by atoms with Crippen LogP contribution in [0.4, 0.5) is 10.5 Å². The van der Waals surface area contributed by atoms with Crippen molar-refractivity contribution in [3.05, 3.63) is 91.2 Å². The SMILES string of the molecule is Cc1ccc(OCCN2C(=O)S/C(=C\c3cc(Br)c(OCC(=O)Nc4cccc(C)c4)c(Br)c3)C2=O)cc1. The predicted molar refractivity (Wildman–Crippen MR) is 156 cm³/mol. The largest absolute Gasteiger partial charge is 0.492 e. The summed E-state index contributed by atoms with van der Waals surface area (Å²) in [6.07, 6.45) is 1.65. The van der Waals surface area contributed by atoms with Crippen LogP contribution in [0.1, 0.15) is 16.7 Å². The summed E-state index contributed by atoms with van der Waals surface area (Å²) in [5.74, 6) is 0.470. The van der Waals surface area contributed by atoms with Gasteiger partial charge in [0.15, 0.2) is 6.61 Å². The van der Waals surface area contributed by atoms with Gasteiger partial charge in [-0.3, -0.25) is 19.3 Å². The number of nitrogens with zero attached hydrogens (tertiary/aromatic N) is 1. The summed E-state index contributed by atoms with van der Waals surface area (Å²) in [7, 11) is 0. The third-order valence-electron chi connectivity index (χ3n) is 5.45. The number of benzene rings is 3. The lowest BCUT2D eigenvalue weighted by Gasteiger charge is -2.13. The fraction of sp³-hybridized carbons (Fsp3) is 0.179. The van der Waals surface area contributed by atoms with Gasteiger partial charge in [-0.1, -0.05) is 29.8 Å². The summed E-state index contributed by atoms with van der Waals surface area (Å²) in [6, 6.07) is 18.6. The lowest BCUT2D eigenvalue weighted by molar-refractivity contribution is -0.123. The molecular weight excluding hydrogens is 636 g/mol. The number of hydrogen-bond donors (Lipinski definition) is 1. The first-order valence-electron chi connectivity index (χ1n) is 11.6. The minimum atomic E-state index is -0.368. The highest BCUT2D eigenvalue weighted by Gasteiger charge is 2.34. The van der Waals surface area contributed by atoms with Crippen LogP contribution in [0.25, 0.3) is 6.08 Å². The fourth-order valence-corrected chi connectivity index (χ4v) is 5.91. The molecule has 0 radical (unpaired) electrons. The number of carbonyl (C=O) groups is 3. The standard InChI is InChI=1S/C28H24Br2N2O5S/c1-17-6-8-21(9-7-17)36-11-10-32-27(34)24(38-28(32)35)15-19-13-22(29)26(23(30)14-19)37-16-25(33)31-20-5-3-4-18(2)12-20/h3-9,12-15H,10-11,16H2,1-2H3,(H,31,33)/b24-15-. The van der Waals surface area contributed by atoms with Crippen molar-refractivity contribution in [2.45, 2.75) is 13.8 Å². The summed E-state index contributed by atoms with van der Waals surface area (Å²) in [5, 5.41) is 2.46. The summed E-state index contributed by atoms with van der Waals surface area (Å²) in [5.41, 5.74) is 3.54. The highest BCUT2D eigenvalue weighted by Crippen LogP contribution is 2.37. The molecule has 10 heteroatoms. The molecule has 3 amide bonds. The van der Waals surface area contributed by atoms with Crippen LogP contribution in [-0.4, -0.2) is 41.7 Å². The number of halogens is 2. The van der Waals surface area contributed by atoms with Crippen molar-refractivity contribution >= 4 is 72.4 Å². The average Bonchev–Trinajstić information content (AvgIpc) is 3.12. The summed E-state index contributed by atoms with van der Waals surface area (Å²) < 4.78 is 12.6. The Morgan fingerprint density at radius 1 is 0.974 bits per heavy atom. The maximum Gasteiger partial charge on any atom is 0.293 e. The number of hydrogen-bond acceptors (Lipinski definition) is 6. The van der Waals surface area contributed by atoms with Crippen LogP contribution in [0.2, 0.25) is 0 Å². The lowest BCUT2D eigenvalue weighted by atomic mass is 10.2. The van der Waals surface area contributed by atoms with E-state index in [1.807, 2.05) is 62.4 Å². The smallest absolute Gasteiger partial charge is 0.293 e. The van der Waals surface area contributed by atoms with Crippen molar-refractivity contribution in [1.29, 1.82) is 0 Å². The van der Waals surface area contributed by atoms with Gasteiger partial charge in [0, 0.05) is 5.69 Å². The Morgan fingerprint density at radius 3 is 2.37 bits per heavy atom. The number of carbonyl (C=O) groups excluding carboxylic acids is 3. The van der Waals surface area contributed by atoms with Crippen molar-refractivity contribution in [3.8, 4) is 11.5 Å². The highest BCUT2D eigenvalue weighted by molar-refractivity contribution is 9.11. The average molecular weight is 660 g/mol. The molecule has 0 atom stereocenters. The monoisotopic (exact) mass is 658 g/mol. The minimum Gasteiger partial charge on any atom is -0.492 e. The Balaban J connectivity index is 1.36. The summed E-state index contributed by atoms with van der Waals surface area (Å²) in [6.45, 7) is 4.10. The van der Waals surface area contributed by atoms with Crippen molar-refractivity contribution in [2.24, 2.45) is 0 Å². The first-order chi connectivity index (χ1) is 18.2. The van der Waals surface area contributed by atoms with Crippen LogP contribution in [0.3, 0.4) is 0 Å². The minimum absolute atomic E-state index is 0.153. The van der Waals surface area contributed by atoms with Crippen molar-refractivity contribution in [2.75, 3.05) is 25.1 Å². The van der Waals surface area contributed by atoms with Crippen molar-refractivity contribution in [1.82, 2.24) is 4.90 Å². The van der Waals surface area contributed by atoms with Gasteiger partial charge in [0.1, 0.15) is 18.1 Å². The molecule has 1 heterocycles. The number of aryl methyl sites for hydroxylation is 2. The van der Waals surface area contributed by atoms with E-state index in [1.54, 1.807) is 18.2 Å². The molecule has 196 valence electrons. The zero-order chi connectivity index (χ0) is 27.2. The summed E-state index contributed by atoms with van der Waals surface area (Å²) in [4.78, 5) is 39.1. The Hall–Kier alpha value is -3.08. The molecule has 0 unspecified atom stereocenters. The highest BCUT2D eigenvalue weighted by atomic mass is 79.9. The van der Waals surface area contributed by atoms with Crippen LogP contribution in [0.15, 0.2) is 74.5 Å². The second-order valence-electron chi connectivity index (χ2n) is 8.51. The van der Waals surface area contributed by atoms with E-state index in [-0.39, 0.29) is 36.8 Å². The van der Waals surface area contributed by atoms with Crippen LogP contribution < -0.4 is 14.8 Å². The zero-order valence-corrected chi connectivity index (χ0v) is 24.6. The Bertz CT molecular complexity index is 1390. The molecule has 1 saturated heterocycles. The van der Waals surface area contributed by atoms with Gasteiger partial charge in [0.2, 0.25) is 0 Å². The normalized spacial score (nSPS) is 14.2. The zero-order valence-electron chi connectivity index (χ0n) is 20.6. The number of nitrogens with one attached hydrogen (secondary N) is 1. The van der Waals surface area contributed by atoms with Gasteiger partial charge in [-0.15, -0.1) is 0 Å². The van der Waals surface area contributed by atoms with Gasteiger partial charge in [-0.05, 0) is 111 Å². The van der Waals surface area contributed by atoms with Crippen molar-refractivity contribution in [3.63, 3.8) is 0 Å². The first-order valence-corrected chi connectivity index (χ1v) is 14.0. The Kier molecular flexibility index (Phi) is 9.30. The molecule has 0 aliphatic carbocycles. The van der Waals surface area contributed by atoms with Gasteiger partial charge in [-0.25, -0.2) is 0 Å². The van der Waals surface area contributed by atoms with Gasteiger partial charge in [0.25, 0.3) is 17.1 Å².